The van der Waals surface area contributed by atoms with Gasteiger partial charge in [-0.05, 0) is 77.5 Å². The lowest BCUT2D eigenvalue weighted by atomic mass is 9.77. The van der Waals surface area contributed by atoms with Gasteiger partial charge in [0.1, 0.15) is 0 Å². The van der Waals surface area contributed by atoms with Crippen LogP contribution in [0.25, 0.3) is 32.3 Å². The number of hydrogen-bond acceptors (Lipinski definition) is 8. The van der Waals surface area contributed by atoms with Gasteiger partial charge >= 0.3 is 14.2 Å². The number of benzene rings is 7. The van der Waals surface area contributed by atoms with Gasteiger partial charge in [0.25, 0.3) is 0 Å². The molecule has 0 aliphatic heterocycles. The quantitative estimate of drug-likeness (QED) is 0.0500. The van der Waals surface area contributed by atoms with Crippen LogP contribution in [-0.4, -0.2) is 70.4 Å². The van der Waals surface area contributed by atoms with Crippen LogP contribution in [0.5, 0.6) is 0 Å². The molecule has 0 unspecified atom stereocenters. The van der Waals surface area contributed by atoms with Crippen molar-refractivity contribution < 1.29 is 24.8 Å². The van der Waals surface area contributed by atoms with E-state index in [1.165, 1.54) is 37.9 Å². The van der Waals surface area contributed by atoms with Crippen molar-refractivity contribution in [1.29, 1.82) is 0 Å². The van der Waals surface area contributed by atoms with Crippen LogP contribution in [0.1, 0.15) is 34.2 Å². The van der Waals surface area contributed by atoms with Gasteiger partial charge in [0.15, 0.2) is 0 Å². The minimum absolute atomic E-state index is 0.495. The van der Waals surface area contributed by atoms with Crippen LogP contribution in [0, 0.1) is 0 Å². The molecule has 0 saturated heterocycles. The number of nitrogens with zero attached hydrogens (tertiary/aromatic N) is 2. The van der Waals surface area contributed by atoms with Crippen molar-refractivity contribution in [3.05, 3.63) is 155 Å². The van der Waals surface area contributed by atoms with E-state index in [1.54, 1.807) is 12.1 Å². The molecule has 7 aromatic carbocycles. The first kappa shape index (κ1) is 37.7. The molecule has 0 heterocycles. The van der Waals surface area contributed by atoms with E-state index in [2.05, 4.69) is 88.7 Å². The van der Waals surface area contributed by atoms with Crippen LogP contribution in [-0.2, 0) is 37.5 Å². The molecule has 0 atom stereocenters. The zero-order valence-corrected chi connectivity index (χ0v) is 30.5. The van der Waals surface area contributed by atoms with Gasteiger partial charge in [0.2, 0.25) is 0 Å². The van der Waals surface area contributed by atoms with Crippen molar-refractivity contribution in [2.24, 2.45) is 5.73 Å². The van der Waals surface area contributed by atoms with E-state index in [0.29, 0.717) is 63.4 Å². The number of nitrogens with two attached hydrogens (primary N) is 1. The van der Waals surface area contributed by atoms with E-state index < -0.39 is 14.2 Å². The van der Waals surface area contributed by atoms with E-state index in [-0.39, 0.29) is 0 Å². The Morgan fingerprint density at radius 2 is 1.02 bits per heavy atom. The third-order valence-corrected chi connectivity index (χ3v) is 10.4. The Bertz CT molecular complexity index is 2270. The summed E-state index contributed by atoms with van der Waals surface area (Å²) in [7, 11) is -3.09. The van der Waals surface area contributed by atoms with Gasteiger partial charge in [-0.3, -0.25) is 9.80 Å². The summed E-state index contributed by atoms with van der Waals surface area (Å²) in [6, 6.07) is 43.0. The Hall–Kier alpha value is -4.61. The van der Waals surface area contributed by atoms with Crippen molar-refractivity contribution in [2.45, 2.75) is 39.1 Å². The molecule has 0 radical (unpaired) electrons. The van der Waals surface area contributed by atoms with Gasteiger partial charge in [-0.15, -0.1) is 0 Å². The molecule has 0 fully saturated rings. The average molecular weight is 720 g/mol. The zero-order chi connectivity index (χ0) is 37.4. The molecule has 10 heteroatoms. The summed E-state index contributed by atoms with van der Waals surface area (Å²) in [6.45, 7) is 5.43. The molecule has 8 nitrogen and oxygen atoms in total. The van der Waals surface area contributed by atoms with Crippen LogP contribution in [0.2, 0.25) is 0 Å². The Kier molecular flexibility index (Phi) is 12.3. The molecule has 0 bridgehead atoms. The smallest absolute Gasteiger partial charge is 0.423 e. The highest BCUT2D eigenvalue weighted by molar-refractivity contribution is 6.59. The van der Waals surface area contributed by atoms with E-state index in [4.69, 9.17) is 10.5 Å². The van der Waals surface area contributed by atoms with Crippen LogP contribution in [0.15, 0.2) is 127 Å². The predicted molar refractivity (Wildman–Crippen MR) is 221 cm³/mol. The summed E-state index contributed by atoms with van der Waals surface area (Å²) < 4.78 is 6.28. The molecule has 0 aliphatic carbocycles. The molecule has 0 aromatic heterocycles. The Morgan fingerprint density at radius 3 is 1.65 bits per heavy atom. The fourth-order valence-corrected chi connectivity index (χ4v) is 7.67. The minimum atomic E-state index is -1.55. The second kappa shape index (κ2) is 17.7. The molecule has 7 aromatic rings. The Labute approximate surface area is 317 Å². The molecule has 0 saturated carbocycles. The van der Waals surface area contributed by atoms with Crippen LogP contribution in [0.4, 0.5) is 0 Å². The second-order valence-corrected chi connectivity index (χ2v) is 14.1. The van der Waals surface area contributed by atoms with Gasteiger partial charge in [0.05, 0.1) is 6.61 Å². The molecule has 54 heavy (non-hydrogen) atoms. The van der Waals surface area contributed by atoms with Gasteiger partial charge in [0, 0.05) is 52.4 Å². The Morgan fingerprint density at radius 1 is 0.481 bits per heavy atom. The molecular weight excluding hydrogens is 672 g/mol. The van der Waals surface area contributed by atoms with Crippen LogP contribution < -0.4 is 16.7 Å². The third kappa shape index (κ3) is 8.84. The van der Waals surface area contributed by atoms with Crippen molar-refractivity contribution >= 4 is 57.5 Å². The monoisotopic (exact) mass is 719 g/mol. The lowest BCUT2D eigenvalue weighted by Crippen LogP contribution is -2.36. The van der Waals surface area contributed by atoms with Crippen molar-refractivity contribution in [1.82, 2.24) is 9.80 Å². The number of ether oxygens (including phenoxy) is 1. The van der Waals surface area contributed by atoms with Gasteiger partial charge in [-0.25, -0.2) is 0 Å². The maximum atomic E-state index is 10.2. The fraction of sp³-hybridized carbons (Fsp3) is 0.227. The average Bonchev–Trinajstić information content (AvgIpc) is 3.19. The molecule has 7 rings (SSSR count). The van der Waals surface area contributed by atoms with Crippen molar-refractivity contribution in [3.63, 3.8) is 0 Å². The van der Waals surface area contributed by atoms with E-state index >= 15 is 0 Å². The lowest BCUT2D eigenvalue weighted by molar-refractivity contribution is 0.0893. The standard InChI is InChI=1S/C44H47B2N3O5/c47-27-32-13-15-33(16-14-32)28-48(30-38-7-1-3-11-41(38)45(50)51)23-6-25-54-26-24-49(31-39-8-2-4-12-42(39)46(52)53)29-37-20-19-36-18-17-34-9-5-10-35-21-22-40(37)44(36)43(34)35/h1-5,7-22,50-53H,6,23-31,47H2. The van der Waals surface area contributed by atoms with E-state index in [9.17, 15) is 20.1 Å². The van der Waals surface area contributed by atoms with Crippen molar-refractivity contribution in [3.8, 4) is 0 Å². The summed E-state index contributed by atoms with van der Waals surface area (Å²) in [5, 5.41) is 47.8. The third-order valence-electron chi connectivity index (χ3n) is 10.4. The Balaban J connectivity index is 1.04. The highest BCUT2D eigenvalue weighted by Crippen LogP contribution is 2.36. The summed E-state index contributed by atoms with van der Waals surface area (Å²) in [5.74, 6) is 0. The summed E-state index contributed by atoms with van der Waals surface area (Å²) in [4.78, 5) is 4.63. The lowest BCUT2D eigenvalue weighted by Gasteiger charge is -2.26. The highest BCUT2D eigenvalue weighted by Gasteiger charge is 2.20. The summed E-state index contributed by atoms with van der Waals surface area (Å²) >= 11 is 0. The van der Waals surface area contributed by atoms with Crippen molar-refractivity contribution in [2.75, 3.05) is 26.3 Å². The van der Waals surface area contributed by atoms with Gasteiger partial charge in [-0.1, -0.05) is 127 Å². The highest BCUT2D eigenvalue weighted by atomic mass is 16.5. The molecule has 6 N–H and O–H groups in total. The molecule has 0 spiro atoms. The first-order chi connectivity index (χ1) is 26.4. The molecule has 0 amide bonds. The van der Waals surface area contributed by atoms with E-state index in [0.717, 1.165) is 35.2 Å². The number of hydrogen-bond donors (Lipinski definition) is 5. The largest absolute Gasteiger partial charge is 0.488 e. The summed E-state index contributed by atoms with van der Waals surface area (Å²) in [6.07, 6.45) is 0.791. The van der Waals surface area contributed by atoms with Crippen LogP contribution in [0.3, 0.4) is 0 Å². The fourth-order valence-electron chi connectivity index (χ4n) is 7.67. The van der Waals surface area contributed by atoms with Gasteiger partial charge < -0.3 is 30.6 Å². The molecular formula is C44H47B2N3O5. The SMILES string of the molecule is NCc1ccc(CN(CCCOCCN(Cc2ccccc2B(O)O)Cc2ccc3ccc4cccc5ccc2c3c45)Cc2ccccc2B(O)O)cc1. The first-order valence-corrected chi connectivity index (χ1v) is 18.7. The van der Waals surface area contributed by atoms with Gasteiger partial charge in [-0.2, -0.15) is 0 Å². The van der Waals surface area contributed by atoms with Crippen LogP contribution >= 0.6 is 0 Å². The maximum absolute atomic E-state index is 10.2. The first-order valence-electron chi connectivity index (χ1n) is 18.7. The molecule has 0 aliphatic rings. The normalized spacial score (nSPS) is 11.8. The van der Waals surface area contributed by atoms with E-state index in [1.807, 2.05) is 36.4 Å². The number of rotatable bonds is 18. The topological polar surface area (TPSA) is 123 Å². The maximum Gasteiger partial charge on any atom is 0.488 e. The predicted octanol–water partition coefficient (Wildman–Crippen LogP) is 4.51. The molecule has 274 valence electrons. The minimum Gasteiger partial charge on any atom is -0.423 e. The zero-order valence-electron chi connectivity index (χ0n) is 30.5. The second-order valence-electron chi connectivity index (χ2n) is 14.1. The summed E-state index contributed by atoms with van der Waals surface area (Å²) in [5.41, 5.74) is 12.0.